The maximum atomic E-state index is 6.77. The SMILES string of the molecule is C=CCC(C)CO[C@@H]1O[C@H](COCc2ccccc2)[C@H](OCc2ccccc2)[C@H](OCc2ccccc2)[C@H]1OCc1ccccc1. The molecule has 242 valence electrons. The maximum Gasteiger partial charge on any atom is 0.186 e. The van der Waals surface area contributed by atoms with E-state index in [-0.39, 0.29) is 5.92 Å². The van der Waals surface area contributed by atoms with Crippen LogP contribution in [-0.2, 0) is 54.8 Å². The summed E-state index contributed by atoms with van der Waals surface area (Å²) < 4.78 is 39.6. The van der Waals surface area contributed by atoms with Gasteiger partial charge >= 0.3 is 0 Å². The van der Waals surface area contributed by atoms with E-state index in [9.17, 15) is 0 Å². The standard InChI is InChI=1S/C40H46O6/c1-3-16-31(2)25-45-40-39(44-29-35-23-14-7-15-24-35)38(43-28-34-21-12-6-13-22-34)37(42-27-33-19-10-5-11-20-33)36(46-40)30-41-26-32-17-8-4-9-18-32/h3-15,17-24,31,36-40H,1,16,25-30H2,2H3/t31?,36-,37+,38+,39-,40-/m1/s1. The molecule has 6 atom stereocenters. The molecule has 1 saturated heterocycles. The molecule has 1 aliphatic heterocycles. The van der Waals surface area contributed by atoms with Crippen molar-refractivity contribution < 1.29 is 28.4 Å². The minimum atomic E-state index is -0.696. The second-order valence-corrected chi connectivity index (χ2v) is 11.8. The molecule has 0 N–H and O–H groups in total. The van der Waals surface area contributed by atoms with Gasteiger partial charge in [-0.15, -0.1) is 6.58 Å². The van der Waals surface area contributed by atoms with Gasteiger partial charge in [-0.2, -0.15) is 0 Å². The lowest BCUT2D eigenvalue weighted by molar-refractivity contribution is -0.329. The van der Waals surface area contributed by atoms with Crippen LogP contribution < -0.4 is 0 Å². The van der Waals surface area contributed by atoms with Gasteiger partial charge < -0.3 is 28.4 Å². The molecular formula is C40H46O6. The Morgan fingerprint density at radius 3 is 1.50 bits per heavy atom. The second-order valence-electron chi connectivity index (χ2n) is 11.8. The van der Waals surface area contributed by atoms with Crippen molar-refractivity contribution in [2.75, 3.05) is 13.2 Å². The zero-order valence-corrected chi connectivity index (χ0v) is 26.7. The molecule has 0 saturated carbocycles. The highest BCUT2D eigenvalue weighted by atomic mass is 16.7. The Bertz CT molecular complexity index is 1380. The molecule has 0 spiro atoms. The van der Waals surface area contributed by atoms with E-state index in [1.165, 1.54) is 0 Å². The Balaban J connectivity index is 1.43. The summed E-state index contributed by atoms with van der Waals surface area (Å²) in [7, 11) is 0. The molecule has 4 aromatic carbocycles. The summed E-state index contributed by atoms with van der Waals surface area (Å²) in [6.07, 6.45) is 0.0211. The van der Waals surface area contributed by atoms with Gasteiger partial charge in [0.05, 0.1) is 39.6 Å². The number of allylic oxidation sites excluding steroid dienone is 1. The van der Waals surface area contributed by atoms with Crippen LogP contribution in [0, 0.1) is 5.92 Å². The molecule has 1 fully saturated rings. The molecule has 1 aliphatic rings. The van der Waals surface area contributed by atoms with Crippen LogP contribution in [0.15, 0.2) is 134 Å². The van der Waals surface area contributed by atoms with Crippen LogP contribution >= 0.6 is 0 Å². The highest BCUT2D eigenvalue weighted by Crippen LogP contribution is 2.32. The average Bonchev–Trinajstić information content (AvgIpc) is 3.10. The van der Waals surface area contributed by atoms with E-state index in [1.54, 1.807) is 0 Å². The summed E-state index contributed by atoms with van der Waals surface area (Å²) >= 11 is 0. The topological polar surface area (TPSA) is 55.4 Å². The van der Waals surface area contributed by atoms with Gasteiger partial charge in [0.25, 0.3) is 0 Å². The average molecular weight is 623 g/mol. The number of rotatable bonds is 18. The molecule has 1 heterocycles. The quantitative estimate of drug-likeness (QED) is 0.105. The molecule has 0 amide bonds. The first-order valence-electron chi connectivity index (χ1n) is 16.2. The van der Waals surface area contributed by atoms with E-state index in [2.05, 4.69) is 62.0 Å². The van der Waals surface area contributed by atoms with Gasteiger partial charge in [0.1, 0.15) is 24.4 Å². The molecule has 0 aliphatic carbocycles. The van der Waals surface area contributed by atoms with E-state index in [1.807, 2.05) is 78.9 Å². The smallest absolute Gasteiger partial charge is 0.186 e. The zero-order valence-electron chi connectivity index (χ0n) is 26.7. The van der Waals surface area contributed by atoms with Gasteiger partial charge in [-0.25, -0.2) is 0 Å². The fraction of sp³-hybridized carbons (Fsp3) is 0.350. The molecule has 1 unspecified atom stereocenters. The fourth-order valence-electron chi connectivity index (χ4n) is 5.49. The molecule has 6 nitrogen and oxygen atoms in total. The minimum absolute atomic E-state index is 0.263. The first kappa shape index (κ1) is 33.7. The molecule has 0 radical (unpaired) electrons. The lowest BCUT2D eigenvalue weighted by atomic mass is 9.97. The lowest BCUT2D eigenvalue weighted by Crippen LogP contribution is -2.62. The van der Waals surface area contributed by atoms with Crippen molar-refractivity contribution in [2.45, 2.75) is 70.5 Å². The molecule has 46 heavy (non-hydrogen) atoms. The molecular weight excluding hydrogens is 576 g/mol. The Morgan fingerprint density at radius 1 is 0.587 bits per heavy atom. The fourth-order valence-corrected chi connectivity index (χ4v) is 5.49. The third-order valence-corrected chi connectivity index (χ3v) is 7.95. The Morgan fingerprint density at radius 2 is 1.02 bits per heavy atom. The first-order valence-corrected chi connectivity index (χ1v) is 16.2. The van der Waals surface area contributed by atoms with E-state index in [0.717, 1.165) is 28.7 Å². The van der Waals surface area contributed by atoms with Crippen LogP contribution in [0.1, 0.15) is 35.6 Å². The Labute approximate surface area is 273 Å². The van der Waals surface area contributed by atoms with E-state index < -0.39 is 30.7 Å². The monoisotopic (exact) mass is 622 g/mol. The number of ether oxygens (including phenoxy) is 6. The summed E-state index contributed by atoms with van der Waals surface area (Å²) in [5.41, 5.74) is 4.27. The van der Waals surface area contributed by atoms with Gasteiger partial charge in [-0.05, 0) is 34.6 Å². The lowest BCUT2D eigenvalue weighted by Gasteiger charge is -2.46. The van der Waals surface area contributed by atoms with Crippen molar-refractivity contribution in [1.82, 2.24) is 0 Å². The van der Waals surface area contributed by atoms with Crippen LogP contribution in [0.5, 0.6) is 0 Å². The summed E-state index contributed by atoms with van der Waals surface area (Å²) in [6.45, 7) is 8.44. The number of hydrogen-bond acceptors (Lipinski definition) is 6. The third-order valence-electron chi connectivity index (χ3n) is 7.95. The van der Waals surface area contributed by atoms with Gasteiger partial charge in [0, 0.05) is 0 Å². The third kappa shape index (κ3) is 10.5. The van der Waals surface area contributed by atoms with Crippen LogP contribution in [-0.4, -0.2) is 43.9 Å². The summed E-state index contributed by atoms with van der Waals surface area (Å²) in [5, 5.41) is 0. The molecule has 5 rings (SSSR count). The van der Waals surface area contributed by atoms with Crippen molar-refractivity contribution in [3.63, 3.8) is 0 Å². The maximum absolute atomic E-state index is 6.77. The van der Waals surface area contributed by atoms with Crippen molar-refractivity contribution in [1.29, 1.82) is 0 Å². The van der Waals surface area contributed by atoms with Gasteiger partial charge in [0.2, 0.25) is 0 Å². The van der Waals surface area contributed by atoms with Gasteiger partial charge in [-0.3, -0.25) is 0 Å². The first-order chi connectivity index (χ1) is 22.7. The summed E-state index contributed by atoms with van der Waals surface area (Å²) in [6, 6.07) is 40.6. The molecule has 6 heteroatoms. The summed E-state index contributed by atoms with van der Waals surface area (Å²) in [4.78, 5) is 0. The van der Waals surface area contributed by atoms with E-state index >= 15 is 0 Å². The molecule has 0 aromatic heterocycles. The molecule has 4 aromatic rings. The van der Waals surface area contributed by atoms with Gasteiger partial charge in [0.15, 0.2) is 6.29 Å². The van der Waals surface area contributed by atoms with Crippen molar-refractivity contribution in [3.05, 3.63) is 156 Å². The number of hydrogen-bond donors (Lipinski definition) is 0. The largest absolute Gasteiger partial charge is 0.374 e. The minimum Gasteiger partial charge on any atom is -0.374 e. The highest BCUT2D eigenvalue weighted by Gasteiger charge is 2.49. The molecule has 0 bridgehead atoms. The predicted octanol–water partition coefficient (Wildman–Crippen LogP) is 7.91. The van der Waals surface area contributed by atoms with Crippen molar-refractivity contribution in [2.24, 2.45) is 5.92 Å². The highest BCUT2D eigenvalue weighted by molar-refractivity contribution is 5.16. The van der Waals surface area contributed by atoms with Crippen molar-refractivity contribution in [3.8, 4) is 0 Å². The van der Waals surface area contributed by atoms with Crippen LogP contribution in [0.25, 0.3) is 0 Å². The van der Waals surface area contributed by atoms with Crippen LogP contribution in [0.2, 0.25) is 0 Å². The Kier molecular flexibility index (Phi) is 13.6. The van der Waals surface area contributed by atoms with Crippen molar-refractivity contribution >= 4 is 0 Å². The zero-order chi connectivity index (χ0) is 31.8. The van der Waals surface area contributed by atoms with E-state index in [0.29, 0.717) is 39.6 Å². The van der Waals surface area contributed by atoms with Gasteiger partial charge in [-0.1, -0.05) is 134 Å². The van der Waals surface area contributed by atoms with Crippen LogP contribution in [0.3, 0.4) is 0 Å². The number of benzene rings is 4. The second kappa shape index (κ2) is 18.5. The van der Waals surface area contributed by atoms with E-state index in [4.69, 9.17) is 28.4 Å². The summed E-state index contributed by atoms with van der Waals surface area (Å²) in [5.74, 6) is 0.263. The Hall–Kier alpha value is -3.62. The predicted molar refractivity (Wildman–Crippen MR) is 180 cm³/mol. The normalized spacial score (nSPS) is 21.9. The van der Waals surface area contributed by atoms with Crippen LogP contribution in [0.4, 0.5) is 0 Å².